The van der Waals surface area contributed by atoms with Crippen molar-refractivity contribution in [3.8, 4) is 11.5 Å². The molecule has 0 amide bonds. The molecule has 1 aromatic carbocycles. The van der Waals surface area contributed by atoms with Gasteiger partial charge in [0.25, 0.3) is 0 Å². The first kappa shape index (κ1) is 30.0. The highest BCUT2D eigenvalue weighted by atomic mass is 16.5. The lowest BCUT2D eigenvalue weighted by molar-refractivity contribution is 0.0430. The summed E-state index contributed by atoms with van der Waals surface area (Å²) in [4.78, 5) is 0. The second kappa shape index (κ2) is 14.4. The monoisotopic (exact) mass is 470 g/mol. The molecule has 0 aliphatic rings. The highest BCUT2D eigenvalue weighted by Crippen LogP contribution is 2.39. The van der Waals surface area contributed by atoms with E-state index in [0.29, 0.717) is 6.42 Å². The predicted molar refractivity (Wildman–Crippen MR) is 147 cm³/mol. The van der Waals surface area contributed by atoms with E-state index in [0.717, 1.165) is 78.7 Å². The molecule has 1 N–H and O–H groups in total. The molecule has 0 bridgehead atoms. The van der Waals surface area contributed by atoms with Gasteiger partial charge in [-0.3, -0.25) is 0 Å². The topological polar surface area (TPSA) is 38.7 Å². The molecular formula is C31H50O3. The molecule has 3 heteroatoms. The number of hydrogen-bond acceptors (Lipinski definition) is 3. The van der Waals surface area contributed by atoms with Gasteiger partial charge < -0.3 is 14.6 Å². The maximum absolute atomic E-state index is 11.0. The van der Waals surface area contributed by atoms with E-state index < -0.39 is 5.60 Å². The summed E-state index contributed by atoms with van der Waals surface area (Å²) in [6.07, 6.45) is 14.5. The van der Waals surface area contributed by atoms with Crippen LogP contribution in [0, 0.1) is 20.8 Å². The van der Waals surface area contributed by atoms with Crippen molar-refractivity contribution < 1.29 is 14.6 Å². The van der Waals surface area contributed by atoms with Crippen LogP contribution in [0.4, 0.5) is 0 Å². The average Bonchev–Trinajstić information content (AvgIpc) is 2.75. The minimum absolute atomic E-state index is 0.691. The van der Waals surface area contributed by atoms with Crippen LogP contribution in [-0.4, -0.2) is 24.9 Å². The second-order valence-corrected chi connectivity index (χ2v) is 10.4. The smallest absolute Gasteiger partial charge is 0.125 e. The zero-order chi connectivity index (χ0) is 25.9. The Morgan fingerprint density at radius 1 is 0.735 bits per heavy atom. The zero-order valence-electron chi connectivity index (χ0n) is 23.7. The third kappa shape index (κ3) is 9.70. The first-order chi connectivity index (χ1) is 15.9. The normalized spacial score (nSPS) is 14.1. The fourth-order valence-electron chi connectivity index (χ4n) is 4.53. The Labute approximate surface area is 210 Å². The Morgan fingerprint density at radius 2 is 1.24 bits per heavy atom. The largest absolute Gasteiger partial charge is 0.496 e. The van der Waals surface area contributed by atoms with E-state index in [2.05, 4.69) is 66.7 Å². The summed E-state index contributed by atoms with van der Waals surface area (Å²) in [6.45, 7) is 16.9. The van der Waals surface area contributed by atoms with Crippen LogP contribution in [0.1, 0.15) is 102 Å². The van der Waals surface area contributed by atoms with Crippen LogP contribution in [0.3, 0.4) is 0 Å². The van der Waals surface area contributed by atoms with Crippen molar-refractivity contribution in [3.63, 3.8) is 0 Å². The summed E-state index contributed by atoms with van der Waals surface area (Å²) in [6, 6.07) is 0. The first-order valence-corrected chi connectivity index (χ1v) is 12.8. The van der Waals surface area contributed by atoms with Gasteiger partial charge >= 0.3 is 0 Å². The van der Waals surface area contributed by atoms with Gasteiger partial charge in [0.05, 0.1) is 19.8 Å². The van der Waals surface area contributed by atoms with Crippen molar-refractivity contribution in [2.24, 2.45) is 0 Å². The Balaban J connectivity index is 2.64. The van der Waals surface area contributed by atoms with Gasteiger partial charge in [-0.2, -0.15) is 0 Å². The Hall–Kier alpha value is -2.00. The molecule has 192 valence electrons. The number of ether oxygens (including phenoxy) is 2. The molecule has 0 saturated heterocycles. The van der Waals surface area contributed by atoms with Crippen molar-refractivity contribution in [1.82, 2.24) is 0 Å². The lowest BCUT2D eigenvalue weighted by atomic mass is 9.88. The summed E-state index contributed by atoms with van der Waals surface area (Å²) in [7, 11) is 3.44. The number of benzene rings is 1. The minimum Gasteiger partial charge on any atom is -0.496 e. The molecule has 0 aliphatic heterocycles. The number of methoxy groups -OCH3 is 2. The number of allylic oxidation sites excluding steroid dienone is 6. The van der Waals surface area contributed by atoms with Gasteiger partial charge in [-0.15, -0.1) is 0 Å². The van der Waals surface area contributed by atoms with Crippen molar-refractivity contribution in [2.75, 3.05) is 14.2 Å². The van der Waals surface area contributed by atoms with Crippen LogP contribution in [0.15, 0.2) is 34.9 Å². The zero-order valence-corrected chi connectivity index (χ0v) is 23.7. The van der Waals surface area contributed by atoms with E-state index in [4.69, 9.17) is 9.47 Å². The van der Waals surface area contributed by atoms with Gasteiger partial charge in [0.1, 0.15) is 11.5 Å². The van der Waals surface area contributed by atoms with Crippen LogP contribution >= 0.6 is 0 Å². The molecule has 0 radical (unpaired) electrons. The number of aliphatic hydroxyl groups is 1. The number of hydrogen-bond donors (Lipinski definition) is 1. The quantitative estimate of drug-likeness (QED) is 0.277. The number of rotatable bonds is 14. The fourth-order valence-corrected chi connectivity index (χ4v) is 4.53. The van der Waals surface area contributed by atoms with Gasteiger partial charge in [0, 0.05) is 5.56 Å². The van der Waals surface area contributed by atoms with Crippen LogP contribution < -0.4 is 9.47 Å². The second-order valence-electron chi connectivity index (χ2n) is 10.4. The molecule has 0 saturated carbocycles. The third-order valence-corrected chi connectivity index (χ3v) is 6.93. The molecular weight excluding hydrogens is 420 g/mol. The van der Waals surface area contributed by atoms with Crippen molar-refractivity contribution >= 4 is 0 Å². The van der Waals surface area contributed by atoms with Crippen LogP contribution in [0.5, 0.6) is 11.5 Å². The van der Waals surface area contributed by atoms with Gasteiger partial charge in [-0.05, 0) is 123 Å². The first-order valence-electron chi connectivity index (χ1n) is 12.8. The highest BCUT2D eigenvalue weighted by Gasteiger charge is 2.24. The lowest BCUT2D eigenvalue weighted by Crippen LogP contribution is -2.25. The van der Waals surface area contributed by atoms with Gasteiger partial charge in [0.15, 0.2) is 0 Å². The van der Waals surface area contributed by atoms with Crippen molar-refractivity contribution in [1.29, 1.82) is 0 Å². The fraction of sp³-hybridized carbons (Fsp3) is 0.613. The molecule has 0 aliphatic carbocycles. The van der Waals surface area contributed by atoms with Gasteiger partial charge in [-0.25, -0.2) is 0 Å². The third-order valence-electron chi connectivity index (χ3n) is 6.93. The molecule has 0 heterocycles. The summed E-state index contributed by atoms with van der Waals surface area (Å²) in [5.41, 5.74) is 8.03. The summed E-state index contributed by atoms with van der Waals surface area (Å²) < 4.78 is 11.4. The Morgan fingerprint density at radius 3 is 1.76 bits per heavy atom. The maximum atomic E-state index is 11.0. The maximum Gasteiger partial charge on any atom is 0.125 e. The van der Waals surface area contributed by atoms with Gasteiger partial charge in [0.2, 0.25) is 0 Å². The summed E-state index contributed by atoms with van der Waals surface area (Å²) >= 11 is 0. The molecule has 1 rings (SSSR count). The molecule has 0 spiro atoms. The van der Waals surface area contributed by atoms with E-state index in [1.54, 1.807) is 14.2 Å². The van der Waals surface area contributed by atoms with Crippen LogP contribution in [0.25, 0.3) is 0 Å². The summed E-state index contributed by atoms with van der Waals surface area (Å²) in [5, 5.41) is 11.0. The van der Waals surface area contributed by atoms with E-state index in [-0.39, 0.29) is 0 Å². The molecule has 0 fully saturated rings. The van der Waals surface area contributed by atoms with E-state index >= 15 is 0 Å². The minimum atomic E-state index is -0.721. The molecule has 1 unspecified atom stereocenters. The van der Waals surface area contributed by atoms with E-state index in [1.807, 2.05) is 6.92 Å². The molecule has 1 atom stereocenters. The Kier molecular flexibility index (Phi) is 12.7. The van der Waals surface area contributed by atoms with Crippen LogP contribution in [-0.2, 0) is 6.42 Å². The van der Waals surface area contributed by atoms with E-state index in [9.17, 15) is 5.11 Å². The average molecular weight is 471 g/mol. The van der Waals surface area contributed by atoms with Crippen molar-refractivity contribution in [3.05, 3.63) is 57.2 Å². The summed E-state index contributed by atoms with van der Waals surface area (Å²) in [5.74, 6) is 1.85. The molecule has 0 aromatic heterocycles. The lowest BCUT2D eigenvalue weighted by Gasteiger charge is -2.25. The molecule has 1 aromatic rings. The molecule has 3 nitrogen and oxygen atoms in total. The van der Waals surface area contributed by atoms with Gasteiger partial charge in [-0.1, -0.05) is 34.9 Å². The Bertz CT molecular complexity index is 881. The standard InChI is InChI=1S/C31H50O3/c1-22(2)14-11-15-23(3)16-12-17-24(4)18-13-20-31(8,32)21-19-28-27(7)29(33-9)25(5)26(6)30(28)34-10/h14,16,18,32H,11-13,15,17,19-21H2,1-10H3/b23-16+,24-18+. The molecule has 34 heavy (non-hydrogen) atoms. The van der Waals surface area contributed by atoms with Crippen LogP contribution in [0.2, 0.25) is 0 Å². The van der Waals surface area contributed by atoms with Crippen molar-refractivity contribution in [2.45, 2.75) is 112 Å². The predicted octanol–water partition coefficient (Wildman–Crippen LogP) is 8.51. The SMILES string of the molecule is COc1c(C)c(C)c(OC)c(CCC(C)(O)CC/C=C(\C)CC/C=C(\C)CCC=C(C)C)c1C. The highest BCUT2D eigenvalue weighted by molar-refractivity contribution is 5.58. The van der Waals surface area contributed by atoms with E-state index in [1.165, 1.54) is 16.7 Å².